The molecule has 2 aromatic rings. The minimum atomic E-state index is 0. The molecule has 0 radical (unpaired) electrons. The van der Waals surface area contributed by atoms with Gasteiger partial charge in [0.15, 0.2) is 0 Å². The first-order chi connectivity index (χ1) is 9.97. The zero-order valence-corrected chi connectivity index (χ0v) is 14.0. The van der Waals surface area contributed by atoms with Crippen molar-refractivity contribution in [3.8, 4) is 0 Å². The number of aryl methyl sites for hydroxylation is 2. The normalized spacial score (nSPS) is 10.1. The maximum absolute atomic E-state index is 11.9. The lowest BCUT2D eigenvalue weighted by Gasteiger charge is -2.06. The number of nitrogen functional groups attached to an aromatic ring is 1. The van der Waals surface area contributed by atoms with Crippen LogP contribution in [0.4, 0.5) is 5.69 Å². The molecule has 0 unspecified atom stereocenters. The first-order valence-electron chi connectivity index (χ1n) is 7.07. The monoisotopic (exact) mass is 322 g/mol. The van der Waals surface area contributed by atoms with Crippen LogP contribution in [-0.4, -0.2) is 22.2 Å². The van der Waals surface area contributed by atoms with Gasteiger partial charge in [-0.3, -0.25) is 9.48 Å². The second kappa shape index (κ2) is 7.84. The zero-order valence-electron chi connectivity index (χ0n) is 13.2. The SMILES string of the molecule is Cc1nn(C)c(C)c1CCNC(=O)Cc1ccc(N)cc1.Cl. The minimum Gasteiger partial charge on any atom is -0.399 e. The Labute approximate surface area is 137 Å². The average Bonchev–Trinajstić information content (AvgIpc) is 2.68. The van der Waals surface area contributed by atoms with E-state index in [1.807, 2.05) is 49.8 Å². The number of nitrogens with one attached hydrogen (secondary N) is 1. The molecule has 6 heteroatoms. The summed E-state index contributed by atoms with van der Waals surface area (Å²) in [5, 5.41) is 7.33. The van der Waals surface area contributed by atoms with Gasteiger partial charge < -0.3 is 11.1 Å². The van der Waals surface area contributed by atoms with Crippen LogP contribution < -0.4 is 11.1 Å². The van der Waals surface area contributed by atoms with Crippen molar-refractivity contribution in [3.05, 3.63) is 46.8 Å². The van der Waals surface area contributed by atoms with Gasteiger partial charge in [0.25, 0.3) is 0 Å². The molecule has 1 aromatic carbocycles. The maximum Gasteiger partial charge on any atom is 0.224 e. The van der Waals surface area contributed by atoms with E-state index in [0.717, 1.165) is 23.4 Å². The molecule has 1 aromatic heterocycles. The Morgan fingerprint density at radius 3 is 2.45 bits per heavy atom. The van der Waals surface area contributed by atoms with Gasteiger partial charge in [0.05, 0.1) is 12.1 Å². The third-order valence-corrected chi connectivity index (χ3v) is 3.70. The summed E-state index contributed by atoms with van der Waals surface area (Å²) >= 11 is 0. The van der Waals surface area contributed by atoms with E-state index in [-0.39, 0.29) is 18.3 Å². The number of nitrogens with zero attached hydrogens (tertiary/aromatic N) is 2. The van der Waals surface area contributed by atoms with Gasteiger partial charge in [-0.15, -0.1) is 12.4 Å². The zero-order chi connectivity index (χ0) is 15.4. The number of anilines is 1. The van der Waals surface area contributed by atoms with E-state index >= 15 is 0 Å². The molecule has 22 heavy (non-hydrogen) atoms. The number of hydrogen-bond donors (Lipinski definition) is 2. The van der Waals surface area contributed by atoms with E-state index in [1.54, 1.807) is 0 Å². The fourth-order valence-corrected chi connectivity index (χ4v) is 2.39. The summed E-state index contributed by atoms with van der Waals surface area (Å²) in [6, 6.07) is 7.38. The summed E-state index contributed by atoms with van der Waals surface area (Å²) in [6.07, 6.45) is 1.18. The van der Waals surface area contributed by atoms with Crippen molar-refractivity contribution in [2.24, 2.45) is 7.05 Å². The lowest BCUT2D eigenvalue weighted by atomic mass is 10.1. The number of aromatic nitrogens is 2. The Morgan fingerprint density at radius 2 is 1.91 bits per heavy atom. The molecule has 0 aliphatic rings. The molecule has 3 N–H and O–H groups in total. The Hall–Kier alpha value is -2.01. The molecule has 0 spiro atoms. The number of rotatable bonds is 5. The summed E-state index contributed by atoms with van der Waals surface area (Å²) in [5.74, 6) is 0.0268. The van der Waals surface area contributed by atoms with Crippen LogP contribution in [0.2, 0.25) is 0 Å². The van der Waals surface area contributed by atoms with Gasteiger partial charge >= 0.3 is 0 Å². The molecular weight excluding hydrogens is 300 g/mol. The summed E-state index contributed by atoms with van der Waals surface area (Å²) in [4.78, 5) is 11.9. The minimum absolute atomic E-state index is 0. The maximum atomic E-state index is 11.9. The molecule has 0 saturated carbocycles. The first kappa shape index (κ1) is 18.0. The lowest BCUT2D eigenvalue weighted by Crippen LogP contribution is -2.27. The number of carbonyl (C=O) groups excluding carboxylic acids is 1. The summed E-state index contributed by atoms with van der Waals surface area (Å²) in [5.41, 5.74) is 10.7. The second-order valence-electron chi connectivity index (χ2n) is 5.29. The van der Waals surface area contributed by atoms with Gasteiger partial charge in [-0.05, 0) is 43.5 Å². The quantitative estimate of drug-likeness (QED) is 0.826. The Kier molecular flexibility index (Phi) is 6.43. The molecule has 1 heterocycles. The number of amides is 1. The molecule has 0 atom stereocenters. The van der Waals surface area contributed by atoms with Crippen LogP contribution in [-0.2, 0) is 24.7 Å². The van der Waals surface area contributed by atoms with Crippen molar-refractivity contribution < 1.29 is 4.79 Å². The number of hydrogen-bond acceptors (Lipinski definition) is 3. The fraction of sp³-hybridized carbons (Fsp3) is 0.375. The third kappa shape index (κ3) is 4.49. The molecule has 0 fully saturated rings. The van der Waals surface area contributed by atoms with Crippen LogP contribution >= 0.6 is 12.4 Å². The van der Waals surface area contributed by atoms with E-state index in [1.165, 1.54) is 5.56 Å². The van der Waals surface area contributed by atoms with Crippen LogP contribution in [0.5, 0.6) is 0 Å². The molecule has 0 aliphatic heterocycles. The Morgan fingerprint density at radius 1 is 1.27 bits per heavy atom. The molecule has 0 aliphatic carbocycles. The average molecular weight is 323 g/mol. The van der Waals surface area contributed by atoms with Crippen LogP contribution in [0, 0.1) is 13.8 Å². The number of nitrogens with two attached hydrogens (primary N) is 1. The highest BCUT2D eigenvalue weighted by Crippen LogP contribution is 2.12. The molecule has 2 rings (SSSR count). The van der Waals surface area contributed by atoms with Crippen LogP contribution in [0.3, 0.4) is 0 Å². The standard InChI is InChI=1S/C16H22N4O.ClH/c1-11-15(12(2)20(3)19-11)8-9-18-16(21)10-13-4-6-14(17)7-5-13;/h4-7H,8-10,17H2,1-3H3,(H,18,21);1H. The van der Waals surface area contributed by atoms with Crippen LogP contribution in [0.25, 0.3) is 0 Å². The molecule has 0 saturated heterocycles. The molecule has 120 valence electrons. The number of carbonyl (C=O) groups is 1. The Balaban J connectivity index is 0.00000242. The van der Waals surface area contributed by atoms with Crippen LogP contribution in [0.15, 0.2) is 24.3 Å². The highest BCUT2D eigenvalue weighted by atomic mass is 35.5. The van der Waals surface area contributed by atoms with Gasteiger partial charge in [0.1, 0.15) is 0 Å². The van der Waals surface area contributed by atoms with Gasteiger partial charge in [0.2, 0.25) is 5.91 Å². The van der Waals surface area contributed by atoms with Gasteiger partial charge in [0, 0.05) is 25.0 Å². The van der Waals surface area contributed by atoms with E-state index in [0.29, 0.717) is 18.7 Å². The highest BCUT2D eigenvalue weighted by molar-refractivity contribution is 5.85. The third-order valence-electron chi connectivity index (χ3n) is 3.70. The fourth-order valence-electron chi connectivity index (χ4n) is 2.39. The number of benzene rings is 1. The lowest BCUT2D eigenvalue weighted by molar-refractivity contribution is -0.120. The highest BCUT2D eigenvalue weighted by Gasteiger charge is 2.09. The predicted molar refractivity (Wildman–Crippen MR) is 91.2 cm³/mol. The van der Waals surface area contributed by atoms with E-state index in [9.17, 15) is 4.79 Å². The smallest absolute Gasteiger partial charge is 0.224 e. The molecule has 5 nitrogen and oxygen atoms in total. The van der Waals surface area contributed by atoms with E-state index in [2.05, 4.69) is 10.4 Å². The van der Waals surface area contributed by atoms with Crippen molar-refractivity contribution in [3.63, 3.8) is 0 Å². The van der Waals surface area contributed by atoms with E-state index < -0.39 is 0 Å². The summed E-state index contributed by atoms with van der Waals surface area (Å²) < 4.78 is 1.88. The van der Waals surface area contributed by atoms with Gasteiger partial charge in [-0.25, -0.2) is 0 Å². The van der Waals surface area contributed by atoms with Crippen molar-refractivity contribution in [1.29, 1.82) is 0 Å². The van der Waals surface area contributed by atoms with Crippen molar-refractivity contribution in [1.82, 2.24) is 15.1 Å². The number of halogens is 1. The predicted octanol–water partition coefficient (Wildman–Crippen LogP) is 1.94. The summed E-state index contributed by atoms with van der Waals surface area (Å²) in [6.45, 7) is 4.67. The van der Waals surface area contributed by atoms with E-state index in [4.69, 9.17) is 5.73 Å². The second-order valence-corrected chi connectivity index (χ2v) is 5.29. The molecular formula is C16H23ClN4O. The van der Waals surface area contributed by atoms with Gasteiger partial charge in [-0.1, -0.05) is 12.1 Å². The van der Waals surface area contributed by atoms with Crippen molar-refractivity contribution in [2.45, 2.75) is 26.7 Å². The summed E-state index contributed by atoms with van der Waals surface area (Å²) in [7, 11) is 1.94. The van der Waals surface area contributed by atoms with Crippen molar-refractivity contribution in [2.75, 3.05) is 12.3 Å². The molecule has 0 bridgehead atoms. The largest absolute Gasteiger partial charge is 0.399 e. The van der Waals surface area contributed by atoms with Gasteiger partial charge in [-0.2, -0.15) is 5.10 Å². The molecule has 1 amide bonds. The first-order valence-corrected chi connectivity index (χ1v) is 7.07. The topological polar surface area (TPSA) is 72.9 Å². The van der Waals surface area contributed by atoms with Crippen LogP contribution in [0.1, 0.15) is 22.5 Å². The Bertz CT molecular complexity index is 634. The van der Waals surface area contributed by atoms with Crippen molar-refractivity contribution >= 4 is 24.0 Å².